The number of benzene rings is 2. The van der Waals surface area contributed by atoms with Gasteiger partial charge in [-0.25, -0.2) is 4.98 Å². The normalized spacial score (nSPS) is 10.7. The summed E-state index contributed by atoms with van der Waals surface area (Å²) in [4.78, 5) is 38.3. The Morgan fingerprint density at radius 3 is 2.80 bits per heavy atom. The van der Waals surface area contributed by atoms with E-state index >= 15 is 0 Å². The number of amides is 1. The molecule has 0 atom stereocenters. The van der Waals surface area contributed by atoms with Crippen LogP contribution in [-0.4, -0.2) is 34.1 Å². The van der Waals surface area contributed by atoms with Crippen molar-refractivity contribution in [3.8, 4) is 0 Å². The average Bonchev–Trinajstić information content (AvgIpc) is 3.14. The van der Waals surface area contributed by atoms with Crippen molar-refractivity contribution in [3.05, 3.63) is 57.6 Å². The van der Waals surface area contributed by atoms with Crippen molar-refractivity contribution in [2.75, 3.05) is 17.7 Å². The van der Waals surface area contributed by atoms with Gasteiger partial charge in [0.25, 0.3) is 11.6 Å². The molecule has 0 aliphatic carbocycles. The summed E-state index contributed by atoms with van der Waals surface area (Å²) < 4.78 is 7.03. The van der Waals surface area contributed by atoms with Crippen LogP contribution in [0.15, 0.2) is 46.8 Å². The number of non-ortho nitro benzene ring substituents is 1. The number of aromatic nitrogens is 1. The lowest BCUT2D eigenvalue weighted by molar-refractivity contribution is -0.384. The number of thioether (sulfide) groups is 1. The van der Waals surface area contributed by atoms with Gasteiger partial charge in [-0.05, 0) is 24.6 Å². The second kappa shape index (κ2) is 10.4. The van der Waals surface area contributed by atoms with Crippen molar-refractivity contribution in [3.63, 3.8) is 0 Å². The number of carbonyl (C=O) groups is 2. The third-order valence-electron chi connectivity index (χ3n) is 3.83. The molecule has 0 saturated heterocycles. The summed E-state index contributed by atoms with van der Waals surface area (Å²) in [5, 5.41) is 13.2. The first-order valence-corrected chi connectivity index (χ1v) is 11.0. The highest BCUT2D eigenvalue weighted by molar-refractivity contribution is 8.01. The van der Waals surface area contributed by atoms with Crippen molar-refractivity contribution in [2.24, 2.45) is 0 Å². The number of para-hydroxylation sites is 1. The number of fused-ring (bicyclic) bond motifs is 1. The zero-order chi connectivity index (χ0) is 21.5. The molecule has 2 aromatic carbocycles. The molecule has 0 aliphatic rings. The number of nitrogens with zero attached hydrogens (tertiary/aromatic N) is 2. The number of halogens is 1. The number of hydrogen-bond acceptors (Lipinski definition) is 8. The van der Waals surface area contributed by atoms with E-state index in [-0.39, 0.29) is 22.8 Å². The molecule has 0 fully saturated rings. The van der Waals surface area contributed by atoms with E-state index in [2.05, 4.69) is 10.3 Å². The van der Waals surface area contributed by atoms with E-state index in [1.54, 1.807) is 23.1 Å². The number of anilines is 1. The summed E-state index contributed by atoms with van der Waals surface area (Å²) in [7, 11) is 0. The molecule has 1 amide bonds. The van der Waals surface area contributed by atoms with Crippen LogP contribution < -0.4 is 5.32 Å². The standard InChI is InChI=1S/C19H16ClN3O5S2/c20-13-10-12(23(26)27)7-8-14(13)21-17(24)11-28-18(25)6-3-9-29-19-22-15-4-1-2-5-16(15)30-19/h1-2,4-5,7-8,10H,3,6,9,11H2,(H,21,24). The molecule has 0 radical (unpaired) electrons. The summed E-state index contributed by atoms with van der Waals surface area (Å²) in [6.45, 7) is -0.461. The van der Waals surface area contributed by atoms with E-state index in [0.29, 0.717) is 12.2 Å². The average molecular weight is 466 g/mol. The number of nitro groups is 1. The maximum Gasteiger partial charge on any atom is 0.306 e. The van der Waals surface area contributed by atoms with Gasteiger partial charge in [0, 0.05) is 24.3 Å². The van der Waals surface area contributed by atoms with Crippen LogP contribution in [0.25, 0.3) is 10.2 Å². The molecule has 0 aliphatic heterocycles. The molecule has 11 heteroatoms. The van der Waals surface area contributed by atoms with Gasteiger partial charge in [-0.15, -0.1) is 11.3 Å². The van der Waals surface area contributed by atoms with Crippen molar-refractivity contribution >= 4 is 68.2 Å². The number of thiazole rings is 1. The first-order chi connectivity index (χ1) is 14.4. The number of esters is 1. The van der Waals surface area contributed by atoms with Gasteiger partial charge in [0.15, 0.2) is 10.9 Å². The second-order valence-corrected chi connectivity index (χ2v) is 8.81. The lowest BCUT2D eigenvalue weighted by Gasteiger charge is -2.08. The number of ether oxygens (including phenoxy) is 1. The molecule has 156 valence electrons. The molecule has 0 unspecified atom stereocenters. The summed E-state index contributed by atoms with van der Waals surface area (Å²) in [5.74, 6) is -0.354. The van der Waals surface area contributed by atoms with E-state index in [1.165, 1.54) is 12.1 Å². The largest absolute Gasteiger partial charge is 0.456 e. The Bertz CT molecular complexity index is 1060. The smallest absolute Gasteiger partial charge is 0.306 e. The fraction of sp³-hybridized carbons (Fsp3) is 0.211. The van der Waals surface area contributed by atoms with E-state index in [4.69, 9.17) is 16.3 Å². The summed E-state index contributed by atoms with van der Waals surface area (Å²) in [5.41, 5.74) is 0.979. The number of rotatable bonds is 9. The van der Waals surface area contributed by atoms with Gasteiger partial charge in [-0.3, -0.25) is 19.7 Å². The third-order valence-corrected chi connectivity index (χ3v) is 6.41. The van der Waals surface area contributed by atoms with Gasteiger partial charge >= 0.3 is 5.97 Å². The van der Waals surface area contributed by atoms with Crippen LogP contribution in [0.4, 0.5) is 11.4 Å². The van der Waals surface area contributed by atoms with Gasteiger partial charge in [0.2, 0.25) is 0 Å². The second-order valence-electron chi connectivity index (χ2n) is 6.03. The zero-order valence-electron chi connectivity index (χ0n) is 15.5. The van der Waals surface area contributed by atoms with Crippen molar-refractivity contribution in [2.45, 2.75) is 17.2 Å². The Hall–Kier alpha value is -2.69. The molecule has 3 aromatic rings. The maximum atomic E-state index is 11.9. The van der Waals surface area contributed by atoms with Crippen LogP contribution in [0.3, 0.4) is 0 Å². The van der Waals surface area contributed by atoms with Crippen molar-refractivity contribution in [1.29, 1.82) is 0 Å². The Balaban J connectivity index is 1.36. The first-order valence-electron chi connectivity index (χ1n) is 8.80. The molecule has 8 nitrogen and oxygen atoms in total. The maximum absolute atomic E-state index is 11.9. The minimum Gasteiger partial charge on any atom is -0.456 e. The van der Waals surface area contributed by atoms with Crippen LogP contribution in [0.5, 0.6) is 0 Å². The first kappa shape index (κ1) is 22.0. The monoisotopic (exact) mass is 465 g/mol. The predicted molar refractivity (Wildman–Crippen MR) is 117 cm³/mol. The fourth-order valence-corrected chi connectivity index (χ4v) is 4.71. The zero-order valence-corrected chi connectivity index (χ0v) is 17.9. The van der Waals surface area contributed by atoms with Crippen LogP contribution in [0.1, 0.15) is 12.8 Å². The Morgan fingerprint density at radius 2 is 2.07 bits per heavy atom. The van der Waals surface area contributed by atoms with E-state index < -0.39 is 23.4 Å². The van der Waals surface area contributed by atoms with Gasteiger partial charge in [0.05, 0.1) is 25.8 Å². The van der Waals surface area contributed by atoms with Gasteiger partial charge in [0.1, 0.15) is 0 Å². The fourth-order valence-electron chi connectivity index (χ4n) is 2.41. The molecule has 3 rings (SSSR count). The van der Waals surface area contributed by atoms with Crippen LogP contribution in [-0.2, 0) is 14.3 Å². The van der Waals surface area contributed by atoms with Crippen LogP contribution >= 0.6 is 34.7 Å². The summed E-state index contributed by atoms with van der Waals surface area (Å²) >= 11 is 9.09. The SMILES string of the molecule is O=C(COC(=O)CCCSc1nc2ccccc2s1)Nc1ccc([N+](=O)[O-])cc1Cl. The number of carbonyl (C=O) groups excluding carboxylic acids is 2. The van der Waals surface area contributed by atoms with Gasteiger partial charge < -0.3 is 10.1 Å². The molecular formula is C19H16ClN3O5S2. The molecule has 30 heavy (non-hydrogen) atoms. The highest BCUT2D eigenvalue weighted by Gasteiger charge is 2.13. The summed E-state index contributed by atoms with van der Waals surface area (Å²) in [6, 6.07) is 11.6. The van der Waals surface area contributed by atoms with E-state index in [0.717, 1.165) is 20.6 Å². The lowest BCUT2D eigenvalue weighted by atomic mass is 10.3. The Labute approximate surface area is 184 Å². The molecule has 1 aromatic heterocycles. The number of hydrogen-bond donors (Lipinski definition) is 1. The minimum atomic E-state index is -0.589. The predicted octanol–water partition coefficient (Wildman–Crippen LogP) is 4.91. The third kappa shape index (κ3) is 6.15. The quantitative estimate of drug-likeness (QED) is 0.157. The molecule has 1 heterocycles. The molecule has 0 bridgehead atoms. The summed E-state index contributed by atoms with van der Waals surface area (Å²) in [6.07, 6.45) is 0.776. The van der Waals surface area contributed by atoms with E-state index in [1.807, 2.05) is 24.3 Å². The van der Waals surface area contributed by atoms with E-state index in [9.17, 15) is 19.7 Å². The van der Waals surface area contributed by atoms with Crippen LogP contribution in [0, 0.1) is 10.1 Å². The van der Waals surface area contributed by atoms with Crippen molar-refractivity contribution in [1.82, 2.24) is 4.98 Å². The minimum absolute atomic E-state index is 0.0238. The number of nitrogens with one attached hydrogen (secondary N) is 1. The van der Waals surface area contributed by atoms with Gasteiger partial charge in [-0.2, -0.15) is 0 Å². The topological polar surface area (TPSA) is 111 Å². The van der Waals surface area contributed by atoms with Crippen LogP contribution in [0.2, 0.25) is 5.02 Å². The van der Waals surface area contributed by atoms with Crippen molar-refractivity contribution < 1.29 is 19.2 Å². The number of nitro benzene ring substituents is 1. The molecule has 0 saturated carbocycles. The molecular weight excluding hydrogens is 450 g/mol. The lowest BCUT2D eigenvalue weighted by Crippen LogP contribution is -2.21. The highest BCUT2D eigenvalue weighted by atomic mass is 35.5. The van der Waals surface area contributed by atoms with Gasteiger partial charge in [-0.1, -0.05) is 35.5 Å². The Kier molecular flexibility index (Phi) is 7.61. The highest BCUT2D eigenvalue weighted by Crippen LogP contribution is 2.30. The molecule has 1 N–H and O–H groups in total. The molecule has 0 spiro atoms. The Morgan fingerprint density at radius 1 is 1.27 bits per heavy atom.